The zero-order valence-corrected chi connectivity index (χ0v) is 13.9. The van der Waals surface area contributed by atoms with Crippen LogP contribution in [0.2, 0.25) is 0 Å². The fourth-order valence-corrected chi connectivity index (χ4v) is 3.30. The van der Waals surface area contributed by atoms with Crippen LogP contribution in [0.15, 0.2) is 41.4 Å². The summed E-state index contributed by atoms with van der Waals surface area (Å²) in [6.45, 7) is 1.79. The third-order valence-electron chi connectivity index (χ3n) is 4.01. The molecule has 0 saturated carbocycles. The van der Waals surface area contributed by atoms with E-state index in [4.69, 9.17) is 9.47 Å². The van der Waals surface area contributed by atoms with E-state index in [9.17, 15) is 0 Å². The van der Waals surface area contributed by atoms with Gasteiger partial charge in [0.05, 0.1) is 47.7 Å². The summed E-state index contributed by atoms with van der Waals surface area (Å²) in [7, 11) is 0. The molecular weight excluding hydrogens is 324 g/mol. The van der Waals surface area contributed by atoms with E-state index in [-0.39, 0.29) is 12.1 Å². The molecule has 6 nitrogen and oxygen atoms in total. The van der Waals surface area contributed by atoms with Crippen molar-refractivity contribution in [1.29, 1.82) is 0 Å². The molecule has 1 fully saturated rings. The number of aromatic nitrogens is 3. The lowest BCUT2D eigenvalue weighted by atomic mass is 10.1. The van der Waals surface area contributed by atoms with Gasteiger partial charge in [-0.05, 0) is 18.6 Å². The summed E-state index contributed by atoms with van der Waals surface area (Å²) in [6, 6.07) is 8.00. The average Bonchev–Trinajstić information content (AvgIpc) is 3.14. The first-order chi connectivity index (χ1) is 11.9. The Balaban J connectivity index is 1.45. The van der Waals surface area contributed by atoms with Gasteiger partial charge in [0.25, 0.3) is 0 Å². The molecule has 0 amide bonds. The van der Waals surface area contributed by atoms with Gasteiger partial charge in [-0.2, -0.15) is 0 Å². The molecule has 124 valence electrons. The van der Waals surface area contributed by atoms with Crippen LogP contribution in [-0.2, 0) is 16.1 Å². The highest BCUT2D eigenvalue weighted by molar-refractivity contribution is 7.07. The number of ether oxygens (including phenoxy) is 2. The zero-order valence-electron chi connectivity index (χ0n) is 13.1. The van der Waals surface area contributed by atoms with Crippen molar-refractivity contribution in [1.82, 2.24) is 15.0 Å². The Morgan fingerprint density at radius 1 is 1.25 bits per heavy atom. The molecule has 24 heavy (non-hydrogen) atoms. The van der Waals surface area contributed by atoms with Crippen molar-refractivity contribution >= 4 is 28.2 Å². The molecule has 0 bridgehead atoms. The van der Waals surface area contributed by atoms with E-state index in [1.165, 1.54) is 0 Å². The number of anilines is 1. The number of nitrogens with zero attached hydrogens (tertiary/aromatic N) is 3. The van der Waals surface area contributed by atoms with Crippen molar-refractivity contribution < 1.29 is 9.47 Å². The highest BCUT2D eigenvalue weighted by Gasteiger charge is 2.27. The van der Waals surface area contributed by atoms with Gasteiger partial charge in [0.15, 0.2) is 0 Å². The second-order valence-corrected chi connectivity index (χ2v) is 6.41. The molecule has 2 aromatic heterocycles. The minimum absolute atomic E-state index is 0.0336. The maximum absolute atomic E-state index is 6.01. The Kier molecular flexibility index (Phi) is 4.64. The number of rotatable bonds is 5. The Bertz CT molecular complexity index is 796. The van der Waals surface area contributed by atoms with Crippen LogP contribution in [-0.4, -0.2) is 40.3 Å². The molecule has 1 aromatic carbocycles. The Labute approximate surface area is 143 Å². The molecule has 0 spiro atoms. The summed E-state index contributed by atoms with van der Waals surface area (Å²) in [5, 5.41) is 5.46. The van der Waals surface area contributed by atoms with Gasteiger partial charge >= 0.3 is 0 Å². The highest BCUT2D eigenvalue weighted by atomic mass is 32.1. The monoisotopic (exact) mass is 342 g/mol. The number of hydrogen-bond donors (Lipinski definition) is 1. The van der Waals surface area contributed by atoms with Gasteiger partial charge in [-0.1, -0.05) is 12.1 Å². The predicted octanol–water partition coefficient (Wildman–Crippen LogP) is 2.87. The molecule has 1 saturated heterocycles. The number of thiazole rings is 1. The molecule has 3 heterocycles. The van der Waals surface area contributed by atoms with Gasteiger partial charge in [-0.25, -0.2) is 9.97 Å². The summed E-state index contributed by atoms with van der Waals surface area (Å²) in [5.41, 5.74) is 4.55. The van der Waals surface area contributed by atoms with Gasteiger partial charge < -0.3 is 14.8 Å². The van der Waals surface area contributed by atoms with E-state index >= 15 is 0 Å². The third kappa shape index (κ3) is 3.53. The Morgan fingerprint density at radius 2 is 2.17 bits per heavy atom. The zero-order chi connectivity index (χ0) is 16.2. The first-order valence-corrected chi connectivity index (χ1v) is 8.87. The van der Waals surface area contributed by atoms with Gasteiger partial charge in [0, 0.05) is 12.0 Å². The smallest absolute Gasteiger partial charge is 0.145 e. The number of benzene rings is 1. The average molecular weight is 342 g/mol. The Hall–Kier alpha value is -2.09. The summed E-state index contributed by atoms with van der Waals surface area (Å²) >= 11 is 1.57. The maximum Gasteiger partial charge on any atom is 0.145 e. The molecule has 1 N–H and O–H groups in total. The van der Waals surface area contributed by atoms with Crippen LogP contribution in [0, 0.1) is 0 Å². The van der Waals surface area contributed by atoms with E-state index in [0.29, 0.717) is 13.2 Å². The van der Waals surface area contributed by atoms with Crippen molar-refractivity contribution in [3.05, 3.63) is 47.0 Å². The standard InChI is InChI=1S/C17H18N4O2S/c1-2-4-14-13(3-1)18-7-17(20-14)21-15-5-6-22-9-16(15)23-8-12-10-24-11-19-12/h1-4,7,10-11,15-16H,5-6,8-9H2,(H,20,21)/t15-,16-/m1/s1. The second kappa shape index (κ2) is 7.21. The Morgan fingerprint density at radius 3 is 3.04 bits per heavy atom. The predicted molar refractivity (Wildman–Crippen MR) is 93.1 cm³/mol. The first-order valence-electron chi connectivity index (χ1n) is 7.93. The molecule has 7 heteroatoms. The van der Waals surface area contributed by atoms with E-state index in [0.717, 1.165) is 35.6 Å². The van der Waals surface area contributed by atoms with Crippen LogP contribution in [0.5, 0.6) is 0 Å². The van der Waals surface area contributed by atoms with Crippen molar-refractivity contribution in [2.75, 3.05) is 18.5 Å². The topological polar surface area (TPSA) is 69.2 Å². The largest absolute Gasteiger partial charge is 0.379 e. The molecule has 3 aromatic rings. The van der Waals surface area contributed by atoms with Crippen molar-refractivity contribution in [3.63, 3.8) is 0 Å². The van der Waals surface area contributed by atoms with Crippen LogP contribution >= 0.6 is 11.3 Å². The molecule has 2 atom stereocenters. The summed E-state index contributed by atoms with van der Waals surface area (Å²) in [4.78, 5) is 13.3. The number of fused-ring (bicyclic) bond motifs is 1. The molecule has 0 radical (unpaired) electrons. The fourth-order valence-electron chi connectivity index (χ4n) is 2.76. The van der Waals surface area contributed by atoms with Crippen LogP contribution in [0.1, 0.15) is 12.1 Å². The molecule has 4 rings (SSSR count). The normalized spacial score (nSPS) is 21.0. The summed E-state index contributed by atoms with van der Waals surface area (Å²) in [6.07, 6.45) is 2.61. The molecule has 1 aliphatic heterocycles. The van der Waals surface area contributed by atoms with E-state index in [1.807, 2.05) is 35.2 Å². The van der Waals surface area contributed by atoms with E-state index in [2.05, 4.69) is 20.3 Å². The maximum atomic E-state index is 6.01. The lowest BCUT2D eigenvalue weighted by molar-refractivity contribution is -0.0644. The molecule has 1 aliphatic rings. The second-order valence-electron chi connectivity index (χ2n) is 5.69. The minimum Gasteiger partial charge on any atom is -0.379 e. The third-order valence-corrected chi connectivity index (χ3v) is 4.65. The number of hydrogen-bond acceptors (Lipinski definition) is 7. The van der Waals surface area contributed by atoms with Crippen molar-refractivity contribution in [2.45, 2.75) is 25.2 Å². The van der Waals surface area contributed by atoms with Crippen molar-refractivity contribution in [3.8, 4) is 0 Å². The molecule has 0 aliphatic carbocycles. The van der Waals surface area contributed by atoms with E-state index < -0.39 is 0 Å². The lowest BCUT2D eigenvalue weighted by Crippen LogP contribution is -2.43. The van der Waals surface area contributed by atoms with Crippen LogP contribution in [0.3, 0.4) is 0 Å². The van der Waals surface area contributed by atoms with Gasteiger partial charge in [-0.15, -0.1) is 11.3 Å². The fraction of sp³-hybridized carbons (Fsp3) is 0.353. The summed E-state index contributed by atoms with van der Waals surface area (Å²) < 4.78 is 11.6. The van der Waals surface area contributed by atoms with Crippen molar-refractivity contribution in [2.24, 2.45) is 0 Å². The highest BCUT2D eigenvalue weighted by Crippen LogP contribution is 2.19. The van der Waals surface area contributed by atoms with E-state index in [1.54, 1.807) is 17.5 Å². The van der Waals surface area contributed by atoms with Crippen LogP contribution < -0.4 is 5.32 Å². The summed E-state index contributed by atoms with van der Waals surface area (Å²) in [5.74, 6) is 0.767. The van der Waals surface area contributed by atoms with Gasteiger partial charge in [0.1, 0.15) is 11.9 Å². The molecule has 0 unspecified atom stereocenters. The number of nitrogens with one attached hydrogen (secondary N) is 1. The van der Waals surface area contributed by atoms with Gasteiger partial charge in [0.2, 0.25) is 0 Å². The first kappa shape index (κ1) is 15.4. The minimum atomic E-state index is -0.0336. The molecular formula is C17H18N4O2S. The lowest BCUT2D eigenvalue weighted by Gasteiger charge is -2.32. The van der Waals surface area contributed by atoms with Crippen LogP contribution in [0.4, 0.5) is 5.82 Å². The SMILES string of the molecule is c1ccc2nc(N[C@@H]3CCOC[C@H]3OCc3cscn3)cnc2c1. The van der Waals surface area contributed by atoms with Gasteiger partial charge in [-0.3, -0.25) is 4.98 Å². The number of para-hydroxylation sites is 2. The van der Waals surface area contributed by atoms with Crippen LogP contribution in [0.25, 0.3) is 11.0 Å². The quantitative estimate of drug-likeness (QED) is 0.769.